The van der Waals surface area contributed by atoms with Crippen LogP contribution in [0.5, 0.6) is 0 Å². The molecule has 0 aromatic heterocycles. The predicted molar refractivity (Wildman–Crippen MR) is 132 cm³/mol. The number of piperidine rings is 1. The van der Waals surface area contributed by atoms with Crippen molar-refractivity contribution in [1.29, 1.82) is 0 Å². The van der Waals surface area contributed by atoms with Crippen molar-refractivity contribution in [2.24, 2.45) is 28.6 Å². The molecular weight excluding hydrogens is 519 g/mol. The number of carbonyl (C=O) groups excluding carboxylic acids is 5. The van der Waals surface area contributed by atoms with Crippen LogP contribution in [0.3, 0.4) is 0 Å². The van der Waals surface area contributed by atoms with Crippen LogP contribution in [0.15, 0.2) is 12.7 Å². The van der Waals surface area contributed by atoms with Crippen LogP contribution < -0.4 is 16.1 Å². The van der Waals surface area contributed by atoms with Gasteiger partial charge in [0.25, 0.3) is 11.8 Å². The quantitative estimate of drug-likeness (QED) is 0.336. The van der Waals surface area contributed by atoms with E-state index in [1.807, 2.05) is 19.2 Å². The van der Waals surface area contributed by atoms with E-state index in [4.69, 9.17) is 0 Å². The summed E-state index contributed by atoms with van der Waals surface area (Å²) < 4.78 is 39.1. The highest BCUT2D eigenvalue weighted by Gasteiger charge is 2.70. The fourth-order valence-electron chi connectivity index (χ4n) is 6.17. The Labute approximate surface area is 225 Å². The summed E-state index contributed by atoms with van der Waals surface area (Å²) in [4.78, 5) is 65.4. The average molecular weight is 556 g/mol. The van der Waals surface area contributed by atoms with Crippen molar-refractivity contribution in [3.05, 3.63) is 12.7 Å². The van der Waals surface area contributed by atoms with Crippen LogP contribution in [0.4, 0.5) is 13.2 Å². The third-order valence-corrected chi connectivity index (χ3v) is 8.74. The molecular formula is C26H36F3N5O5. The second kappa shape index (κ2) is 9.22. The SMILES string of the molecule is C=CC(=O)N(CC1CC2(CC2)NC1=O)NC(=O)[C@@H]1[C@@H]2[C@H](CN1C(=O)[C@@H](NC(=O)C(F)(F)F)C(C)(C)C)C2(C)C. The molecule has 4 aliphatic rings. The Balaban J connectivity index is 1.55. The molecule has 1 spiro atoms. The molecule has 13 heteroatoms. The zero-order chi connectivity index (χ0) is 29.3. The first-order valence-corrected chi connectivity index (χ1v) is 13.1. The maximum absolute atomic E-state index is 13.7. The number of hydrogen-bond acceptors (Lipinski definition) is 5. The fraction of sp³-hybridized carbons (Fsp3) is 0.731. The number of hydrazine groups is 1. The molecule has 2 heterocycles. The van der Waals surface area contributed by atoms with E-state index in [-0.39, 0.29) is 41.8 Å². The summed E-state index contributed by atoms with van der Waals surface area (Å²) in [6.45, 7) is 11.9. The molecule has 2 aliphatic carbocycles. The van der Waals surface area contributed by atoms with Gasteiger partial charge in [-0.05, 0) is 48.0 Å². The lowest BCUT2D eigenvalue weighted by Crippen LogP contribution is -2.62. The summed E-state index contributed by atoms with van der Waals surface area (Å²) in [5.74, 6) is -5.51. The van der Waals surface area contributed by atoms with Crippen molar-refractivity contribution < 1.29 is 37.1 Å². The van der Waals surface area contributed by atoms with E-state index in [1.165, 1.54) is 25.7 Å². The van der Waals surface area contributed by atoms with Crippen LogP contribution in [0, 0.1) is 28.6 Å². The van der Waals surface area contributed by atoms with Gasteiger partial charge in [0.15, 0.2) is 0 Å². The number of carbonyl (C=O) groups is 5. The highest BCUT2D eigenvalue weighted by Crippen LogP contribution is 2.65. The number of fused-ring (bicyclic) bond motifs is 1. The largest absolute Gasteiger partial charge is 0.471 e. The zero-order valence-corrected chi connectivity index (χ0v) is 22.8. The number of alkyl halides is 3. The Bertz CT molecular complexity index is 1110. The molecule has 39 heavy (non-hydrogen) atoms. The maximum Gasteiger partial charge on any atom is 0.471 e. The summed E-state index contributed by atoms with van der Waals surface area (Å²) in [5.41, 5.74) is 0.907. The van der Waals surface area contributed by atoms with E-state index in [9.17, 15) is 37.1 Å². The van der Waals surface area contributed by atoms with Crippen molar-refractivity contribution in [1.82, 2.24) is 26.0 Å². The molecule has 3 N–H and O–H groups in total. The van der Waals surface area contributed by atoms with Gasteiger partial charge in [-0.25, -0.2) is 5.01 Å². The summed E-state index contributed by atoms with van der Waals surface area (Å²) in [7, 11) is 0. The molecule has 2 aliphatic heterocycles. The molecule has 2 saturated heterocycles. The number of nitrogens with zero attached hydrogens (tertiary/aromatic N) is 2. The van der Waals surface area contributed by atoms with E-state index in [0.29, 0.717) is 6.42 Å². The predicted octanol–water partition coefficient (Wildman–Crippen LogP) is 1.28. The molecule has 10 nitrogen and oxygen atoms in total. The van der Waals surface area contributed by atoms with Gasteiger partial charge in [0.1, 0.15) is 12.1 Å². The molecule has 4 fully saturated rings. The second-order valence-corrected chi connectivity index (χ2v) is 13.0. The molecule has 0 bridgehead atoms. The Hall–Kier alpha value is -3.12. The van der Waals surface area contributed by atoms with Gasteiger partial charge in [0, 0.05) is 12.1 Å². The first kappa shape index (κ1) is 28.9. The Morgan fingerprint density at radius 3 is 2.31 bits per heavy atom. The topological polar surface area (TPSA) is 128 Å². The average Bonchev–Trinajstić information content (AvgIpc) is 3.53. The van der Waals surface area contributed by atoms with Crippen LogP contribution in [-0.4, -0.2) is 76.3 Å². The maximum atomic E-state index is 13.7. The van der Waals surface area contributed by atoms with E-state index in [2.05, 4.69) is 17.3 Å². The fourth-order valence-corrected chi connectivity index (χ4v) is 6.17. The lowest BCUT2D eigenvalue weighted by Gasteiger charge is -2.38. The van der Waals surface area contributed by atoms with E-state index >= 15 is 0 Å². The molecule has 0 aromatic carbocycles. The summed E-state index contributed by atoms with van der Waals surface area (Å²) in [6, 6.07) is -2.64. The molecule has 4 rings (SSSR count). The minimum atomic E-state index is -5.19. The standard InChI is InChI=1S/C26H36F3N5O5/c1-7-15(35)34(11-13-10-25(8-9-25)31-19(13)36)32-20(37)17-16-14(24(16,5)6)12-33(17)21(38)18(23(2,3)4)30-22(39)26(27,28)29/h7,13-14,16-18H,1,8-12H2,2-6H3,(H,30,39)(H,31,36)(H,32,37)/t13?,14-,16-,17-,18+/m0/s1. The van der Waals surface area contributed by atoms with Gasteiger partial charge < -0.3 is 15.5 Å². The minimum absolute atomic E-state index is 0.0879. The smallest absolute Gasteiger partial charge is 0.350 e. The number of hydrogen-bond donors (Lipinski definition) is 3. The molecule has 5 atom stereocenters. The van der Waals surface area contributed by atoms with Gasteiger partial charge in [0.05, 0.1) is 12.5 Å². The van der Waals surface area contributed by atoms with Gasteiger partial charge in [0.2, 0.25) is 11.8 Å². The zero-order valence-electron chi connectivity index (χ0n) is 22.8. The first-order chi connectivity index (χ1) is 17.8. The number of rotatable bonds is 6. The summed E-state index contributed by atoms with van der Waals surface area (Å²) >= 11 is 0. The van der Waals surface area contributed by atoms with Crippen LogP contribution in [-0.2, 0) is 24.0 Å². The van der Waals surface area contributed by atoms with Gasteiger partial charge in [-0.3, -0.25) is 29.4 Å². The molecule has 5 amide bonds. The second-order valence-electron chi connectivity index (χ2n) is 13.0. The Morgan fingerprint density at radius 2 is 1.82 bits per heavy atom. The third kappa shape index (κ3) is 5.36. The van der Waals surface area contributed by atoms with Crippen LogP contribution in [0.2, 0.25) is 0 Å². The van der Waals surface area contributed by atoms with Crippen molar-refractivity contribution in [2.45, 2.75) is 77.7 Å². The highest BCUT2D eigenvalue weighted by molar-refractivity contribution is 5.96. The van der Waals surface area contributed by atoms with Gasteiger partial charge in [-0.2, -0.15) is 13.2 Å². The highest BCUT2D eigenvalue weighted by atomic mass is 19.4. The third-order valence-electron chi connectivity index (χ3n) is 8.74. The van der Waals surface area contributed by atoms with Crippen molar-refractivity contribution in [3.8, 4) is 0 Å². The molecule has 1 unspecified atom stereocenters. The molecule has 0 aromatic rings. The monoisotopic (exact) mass is 555 g/mol. The Morgan fingerprint density at radius 1 is 1.21 bits per heavy atom. The number of likely N-dealkylation sites (tertiary alicyclic amines) is 1. The van der Waals surface area contributed by atoms with Crippen LogP contribution >= 0.6 is 0 Å². The Kier molecular flexibility index (Phi) is 6.83. The van der Waals surface area contributed by atoms with Crippen LogP contribution in [0.1, 0.15) is 53.9 Å². The van der Waals surface area contributed by atoms with Gasteiger partial charge in [-0.15, -0.1) is 0 Å². The normalized spacial score (nSPS) is 28.7. The van der Waals surface area contributed by atoms with Crippen molar-refractivity contribution in [2.75, 3.05) is 13.1 Å². The minimum Gasteiger partial charge on any atom is -0.350 e. The lowest BCUT2D eigenvalue weighted by atomic mass is 9.85. The van der Waals surface area contributed by atoms with E-state index in [0.717, 1.165) is 23.9 Å². The van der Waals surface area contributed by atoms with Crippen molar-refractivity contribution in [3.63, 3.8) is 0 Å². The van der Waals surface area contributed by atoms with E-state index in [1.54, 1.807) is 0 Å². The van der Waals surface area contributed by atoms with Crippen LogP contribution in [0.25, 0.3) is 0 Å². The number of nitrogens with one attached hydrogen (secondary N) is 3. The molecule has 2 saturated carbocycles. The van der Waals surface area contributed by atoms with Crippen molar-refractivity contribution >= 4 is 29.5 Å². The summed E-state index contributed by atoms with van der Waals surface area (Å²) in [6.07, 6.45) is -1.95. The lowest BCUT2D eigenvalue weighted by molar-refractivity contribution is -0.176. The number of halogens is 3. The van der Waals surface area contributed by atoms with Gasteiger partial charge in [-0.1, -0.05) is 41.2 Å². The van der Waals surface area contributed by atoms with E-state index < -0.39 is 53.2 Å². The number of amides is 5. The molecule has 216 valence electrons. The first-order valence-electron chi connectivity index (χ1n) is 13.1. The summed E-state index contributed by atoms with van der Waals surface area (Å²) in [5, 5.41) is 5.76. The molecule has 0 radical (unpaired) electrons. The van der Waals surface area contributed by atoms with Gasteiger partial charge >= 0.3 is 12.1 Å².